The van der Waals surface area contributed by atoms with E-state index in [0.717, 1.165) is 121 Å². The Morgan fingerprint density at radius 1 is 0.218 bits per heavy atom. The fraction of sp³-hybridized carbons (Fsp3) is 0. The van der Waals surface area contributed by atoms with Crippen LogP contribution in [0.2, 0.25) is 0 Å². The minimum atomic E-state index is 0.599. The molecule has 6 aromatic heterocycles. The number of benzene rings is 14. The summed E-state index contributed by atoms with van der Waals surface area (Å²) in [6, 6.07) is 115. The maximum atomic E-state index is 6.45. The zero-order valence-corrected chi connectivity index (χ0v) is 55.6. The Bertz CT molecular complexity index is 6460. The Morgan fingerprint density at radius 2 is 0.535 bits per heavy atom. The van der Waals surface area contributed by atoms with E-state index in [0.29, 0.717) is 34.9 Å². The molecule has 0 amide bonds. The highest BCUT2D eigenvalue weighted by Gasteiger charge is 2.23. The molecule has 0 radical (unpaired) electrons. The predicted octanol–water partition coefficient (Wildman–Crippen LogP) is 23.8. The van der Waals surface area contributed by atoms with E-state index < -0.39 is 0 Å². The molecule has 0 bridgehead atoms. The third-order valence-corrected chi connectivity index (χ3v) is 19.5. The van der Waals surface area contributed by atoms with Gasteiger partial charge in [-0.15, -0.1) is 0 Å². The van der Waals surface area contributed by atoms with Crippen LogP contribution in [0.15, 0.2) is 347 Å². The first-order valence-electron chi connectivity index (χ1n) is 33.5. The number of hydrogen-bond donors (Lipinski definition) is 0. The van der Waals surface area contributed by atoms with Gasteiger partial charge in [-0.05, 0) is 131 Å². The summed E-state index contributed by atoms with van der Waals surface area (Å²) in [5.41, 5.74) is 20.2. The van der Waals surface area contributed by atoms with Gasteiger partial charge in [-0.25, -0.2) is 29.9 Å². The van der Waals surface area contributed by atoms with Crippen LogP contribution in [0.1, 0.15) is 0 Å². The van der Waals surface area contributed by atoms with E-state index in [1.54, 1.807) is 0 Å². The molecular formula is C90H55BrN8O2. The molecule has 474 valence electrons. The summed E-state index contributed by atoms with van der Waals surface area (Å²) in [7, 11) is 0. The molecule has 0 saturated heterocycles. The van der Waals surface area contributed by atoms with Crippen LogP contribution < -0.4 is 0 Å². The molecule has 101 heavy (non-hydrogen) atoms. The summed E-state index contributed by atoms with van der Waals surface area (Å²) in [5, 5.41) is 8.81. The number of nitrogens with zero attached hydrogens (tertiary/aromatic N) is 8. The maximum absolute atomic E-state index is 6.45. The van der Waals surface area contributed by atoms with Crippen molar-refractivity contribution >= 4 is 103 Å². The molecule has 6 heterocycles. The molecule has 0 aliphatic rings. The van der Waals surface area contributed by atoms with Crippen molar-refractivity contribution in [1.82, 2.24) is 39.0 Å². The second-order valence-electron chi connectivity index (χ2n) is 25.0. The Hall–Kier alpha value is -13.2. The Labute approximate surface area is 587 Å². The van der Waals surface area contributed by atoms with Crippen LogP contribution in [0.5, 0.6) is 0 Å². The predicted molar refractivity (Wildman–Crippen MR) is 414 cm³/mol. The molecule has 0 aliphatic carbocycles. The largest absolute Gasteiger partial charge is 0.456 e. The van der Waals surface area contributed by atoms with Crippen LogP contribution in [0.3, 0.4) is 0 Å². The molecule has 0 atom stereocenters. The number of fused-ring (bicyclic) bond motifs is 12. The van der Waals surface area contributed by atoms with Crippen molar-refractivity contribution in [2.75, 3.05) is 0 Å². The average Bonchev–Trinajstić information content (AvgIpc) is 1.62. The minimum absolute atomic E-state index is 0.599. The highest BCUT2D eigenvalue weighted by atomic mass is 79.9. The van der Waals surface area contributed by atoms with Gasteiger partial charge in [0.2, 0.25) is 0 Å². The van der Waals surface area contributed by atoms with E-state index in [-0.39, 0.29) is 0 Å². The summed E-state index contributed by atoms with van der Waals surface area (Å²) in [5.74, 6) is 3.71. The fourth-order valence-electron chi connectivity index (χ4n) is 14.3. The van der Waals surface area contributed by atoms with E-state index in [4.69, 9.17) is 38.7 Å². The number of para-hydroxylation sites is 3. The smallest absolute Gasteiger partial charge is 0.164 e. The summed E-state index contributed by atoms with van der Waals surface area (Å²) in [4.78, 5) is 30.0. The Balaban J connectivity index is 0.000000140. The fourth-order valence-corrected chi connectivity index (χ4v) is 14.6. The van der Waals surface area contributed by atoms with Gasteiger partial charge in [-0.1, -0.05) is 240 Å². The number of aromatic nitrogens is 8. The number of rotatable bonds is 10. The highest BCUT2D eigenvalue weighted by molar-refractivity contribution is 9.10. The van der Waals surface area contributed by atoms with E-state index >= 15 is 0 Å². The number of halogens is 1. The zero-order chi connectivity index (χ0) is 66.9. The molecule has 0 N–H and O–H groups in total. The van der Waals surface area contributed by atoms with Gasteiger partial charge < -0.3 is 18.0 Å². The molecule has 0 aliphatic heterocycles. The van der Waals surface area contributed by atoms with Gasteiger partial charge in [0, 0.05) is 92.3 Å². The lowest BCUT2D eigenvalue weighted by Gasteiger charge is -2.09. The maximum Gasteiger partial charge on any atom is 0.164 e. The Morgan fingerprint density at radius 3 is 0.950 bits per heavy atom. The van der Waals surface area contributed by atoms with Crippen LogP contribution in [0.4, 0.5) is 0 Å². The van der Waals surface area contributed by atoms with E-state index in [2.05, 4.69) is 213 Å². The first-order valence-corrected chi connectivity index (χ1v) is 34.3. The van der Waals surface area contributed by atoms with Crippen molar-refractivity contribution in [3.63, 3.8) is 0 Å². The SMILES string of the molecule is Brc1ccc2c(c1)c1cc(-c3ccc4oc5cccc(-c6nc(-c7ccccc7)nc(-c7ccccc7)n6)c5c4c3)ccc1n2-c1ccccc1.c1ccc(-c2nc(-c3ccccc3)nc(-c3cccc4oc5ccc(-c6ccc7c(c6)c6ccccc6n7-c6ccccc6)cc5c34)n2)cc1. The van der Waals surface area contributed by atoms with E-state index in [1.165, 1.54) is 38.1 Å². The number of hydrogen-bond acceptors (Lipinski definition) is 8. The first kappa shape index (κ1) is 59.1. The average molecular weight is 1360 g/mol. The van der Waals surface area contributed by atoms with E-state index in [9.17, 15) is 0 Å². The van der Waals surface area contributed by atoms with Crippen molar-refractivity contribution in [3.8, 4) is 102 Å². The van der Waals surface area contributed by atoms with Gasteiger partial charge >= 0.3 is 0 Å². The molecule has 0 unspecified atom stereocenters. The summed E-state index contributed by atoms with van der Waals surface area (Å²) in [6.45, 7) is 0. The molecule has 11 heteroatoms. The van der Waals surface area contributed by atoms with Gasteiger partial charge in [0.15, 0.2) is 34.9 Å². The second kappa shape index (κ2) is 24.7. The third-order valence-electron chi connectivity index (χ3n) is 19.0. The van der Waals surface area contributed by atoms with E-state index in [1.807, 2.05) is 146 Å². The second-order valence-corrected chi connectivity index (χ2v) is 26.0. The molecule has 0 fully saturated rings. The summed E-state index contributed by atoms with van der Waals surface area (Å²) >= 11 is 3.72. The molecular weight excluding hydrogens is 1300 g/mol. The minimum Gasteiger partial charge on any atom is -0.456 e. The number of furan rings is 2. The highest BCUT2D eigenvalue weighted by Crippen LogP contribution is 2.44. The lowest BCUT2D eigenvalue weighted by atomic mass is 9.99. The molecule has 20 aromatic rings. The lowest BCUT2D eigenvalue weighted by molar-refractivity contribution is 0.668. The zero-order valence-electron chi connectivity index (χ0n) is 54.0. The van der Waals surface area contributed by atoms with Crippen molar-refractivity contribution in [2.45, 2.75) is 0 Å². The summed E-state index contributed by atoms with van der Waals surface area (Å²) in [6.07, 6.45) is 0. The van der Waals surface area contributed by atoms with Crippen LogP contribution in [0.25, 0.3) is 189 Å². The topological polar surface area (TPSA) is 113 Å². The van der Waals surface area contributed by atoms with Crippen LogP contribution in [0, 0.1) is 0 Å². The van der Waals surface area contributed by atoms with Crippen molar-refractivity contribution in [3.05, 3.63) is 338 Å². The van der Waals surface area contributed by atoms with Crippen LogP contribution in [-0.4, -0.2) is 39.0 Å². The third kappa shape index (κ3) is 10.6. The van der Waals surface area contributed by atoms with Crippen LogP contribution >= 0.6 is 15.9 Å². The molecule has 14 aromatic carbocycles. The van der Waals surface area contributed by atoms with Crippen molar-refractivity contribution < 1.29 is 8.83 Å². The standard InChI is InChI=1S/C45H27BrN4O.C45H28N4O/c46-32-21-23-39-36(27-32)35-25-30(19-22-38(35)50(39)33-15-8-3-9-16-33)31-20-24-40-37(26-31)42-34(17-10-18-41(42)51-40)45-48-43(28-11-4-1-5-12-28)47-44(49-45)29-13-6-2-7-14-29;1-4-13-29(14-5-1)43-46-44(30-15-6-2-7-16-30)48-45(47-43)35-20-12-22-41-42(35)37-28-32(24-26-40(37)50-41)31-23-25-39-36(27-31)34-19-10-11-21-38(34)49(39)33-17-8-3-9-18-33/h1-27H;1-28H. The van der Waals surface area contributed by atoms with Gasteiger partial charge in [-0.2, -0.15) is 0 Å². The lowest BCUT2D eigenvalue weighted by Crippen LogP contribution is -2.00. The van der Waals surface area contributed by atoms with Crippen LogP contribution in [-0.2, 0) is 0 Å². The molecule has 20 rings (SSSR count). The van der Waals surface area contributed by atoms with Gasteiger partial charge in [0.25, 0.3) is 0 Å². The summed E-state index contributed by atoms with van der Waals surface area (Å²) < 4.78 is 18.6. The molecule has 0 spiro atoms. The molecule has 10 nitrogen and oxygen atoms in total. The van der Waals surface area contributed by atoms with Crippen molar-refractivity contribution in [2.24, 2.45) is 0 Å². The van der Waals surface area contributed by atoms with Gasteiger partial charge in [0.1, 0.15) is 22.3 Å². The van der Waals surface area contributed by atoms with Gasteiger partial charge in [-0.3, -0.25) is 0 Å². The van der Waals surface area contributed by atoms with Crippen molar-refractivity contribution in [1.29, 1.82) is 0 Å². The molecule has 0 saturated carbocycles. The normalized spacial score (nSPS) is 11.6. The monoisotopic (exact) mass is 1360 g/mol. The first-order chi connectivity index (χ1) is 50.0. The van der Waals surface area contributed by atoms with Gasteiger partial charge in [0.05, 0.1) is 22.1 Å². The Kier molecular flexibility index (Phi) is 14.4. The quantitative estimate of drug-likeness (QED) is 0.133.